The number of rotatable bonds is 4. The molecule has 3 aromatic rings. The molecule has 0 aliphatic heterocycles. The van der Waals surface area contributed by atoms with Crippen LogP contribution in [-0.2, 0) is 6.54 Å². The standard InChI is InChI=1S/C20H22ClN3O.ClH/c1-20(2,3)23-12-13-4-6-15(11-19(13)25)24-17-8-9-22-18-10-14(21)5-7-16(17)18;/h4-11,23,25H,12H2,1-3H3,(H,22,24);1H. The minimum atomic E-state index is 0. The van der Waals surface area contributed by atoms with Gasteiger partial charge in [-0.05, 0) is 51.1 Å². The number of nitrogens with zero attached hydrogens (tertiary/aromatic N) is 1. The molecule has 2 aromatic carbocycles. The Balaban J connectivity index is 0.00000243. The Morgan fingerprint density at radius 1 is 1.08 bits per heavy atom. The van der Waals surface area contributed by atoms with Crippen LogP contribution in [0.1, 0.15) is 26.3 Å². The number of aromatic hydroxyl groups is 1. The summed E-state index contributed by atoms with van der Waals surface area (Å²) in [5.41, 5.74) is 3.43. The molecule has 0 amide bonds. The minimum Gasteiger partial charge on any atom is -0.508 e. The van der Waals surface area contributed by atoms with Crippen LogP contribution in [0.15, 0.2) is 48.7 Å². The highest BCUT2D eigenvalue weighted by molar-refractivity contribution is 6.31. The zero-order valence-corrected chi connectivity index (χ0v) is 16.6. The van der Waals surface area contributed by atoms with E-state index in [9.17, 15) is 5.11 Å². The number of hydrogen-bond donors (Lipinski definition) is 3. The Bertz CT molecular complexity index is 907. The molecule has 0 saturated heterocycles. The van der Waals surface area contributed by atoms with E-state index in [4.69, 9.17) is 11.6 Å². The number of phenols is 1. The summed E-state index contributed by atoms with van der Waals surface area (Å²) in [5, 5.41) is 18.7. The largest absolute Gasteiger partial charge is 0.508 e. The van der Waals surface area contributed by atoms with Gasteiger partial charge in [0.2, 0.25) is 0 Å². The van der Waals surface area contributed by atoms with Crippen molar-refractivity contribution >= 4 is 46.3 Å². The summed E-state index contributed by atoms with van der Waals surface area (Å²) in [6.07, 6.45) is 1.74. The Hall–Kier alpha value is -2.01. The van der Waals surface area contributed by atoms with Crippen molar-refractivity contribution in [2.24, 2.45) is 0 Å². The average Bonchev–Trinajstić information content (AvgIpc) is 2.53. The van der Waals surface area contributed by atoms with Crippen molar-refractivity contribution in [2.45, 2.75) is 32.9 Å². The maximum absolute atomic E-state index is 10.3. The van der Waals surface area contributed by atoms with E-state index in [0.717, 1.165) is 27.8 Å². The van der Waals surface area contributed by atoms with Crippen molar-refractivity contribution in [3.05, 3.63) is 59.2 Å². The van der Waals surface area contributed by atoms with Gasteiger partial charge in [-0.3, -0.25) is 4.98 Å². The van der Waals surface area contributed by atoms with Gasteiger partial charge in [0, 0.05) is 51.7 Å². The fourth-order valence-corrected chi connectivity index (χ4v) is 2.70. The summed E-state index contributed by atoms with van der Waals surface area (Å²) in [6.45, 7) is 6.91. The molecule has 138 valence electrons. The van der Waals surface area contributed by atoms with Gasteiger partial charge in [-0.2, -0.15) is 0 Å². The van der Waals surface area contributed by atoms with E-state index >= 15 is 0 Å². The lowest BCUT2D eigenvalue weighted by Crippen LogP contribution is -2.35. The summed E-state index contributed by atoms with van der Waals surface area (Å²) in [7, 11) is 0. The Labute approximate surface area is 165 Å². The topological polar surface area (TPSA) is 57.2 Å². The first-order valence-electron chi connectivity index (χ1n) is 8.20. The maximum Gasteiger partial charge on any atom is 0.122 e. The third-order valence-electron chi connectivity index (χ3n) is 3.88. The summed E-state index contributed by atoms with van der Waals surface area (Å²) in [5.74, 6) is 0.267. The molecular formula is C20H23Cl2N3O. The van der Waals surface area contributed by atoms with E-state index in [0.29, 0.717) is 11.6 Å². The lowest BCUT2D eigenvalue weighted by Gasteiger charge is -2.21. The smallest absolute Gasteiger partial charge is 0.122 e. The number of fused-ring (bicyclic) bond motifs is 1. The molecule has 0 saturated carbocycles. The predicted molar refractivity (Wildman–Crippen MR) is 112 cm³/mol. The van der Waals surface area contributed by atoms with Gasteiger partial charge < -0.3 is 15.7 Å². The fraction of sp³-hybridized carbons (Fsp3) is 0.250. The normalized spacial score (nSPS) is 11.2. The van der Waals surface area contributed by atoms with Crippen molar-refractivity contribution in [3.63, 3.8) is 0 Å². The average molecular weight is 392 g/mol. The van der Waals surface area contributed by atoms with Gasteiger partial charge in [-0.1, -0.05) is 17.7 Å². The van der Waals surface area contributed by atoms with Gasteiger partial charge in [0.15, 0.2) is 0 Å². The molecule has 0 aliphatic rings. The number of hydrogen-bond acceptors (Lipinski definition) is 4. The third kappa shape index (κ3) is 5.01. The Morgan fingerprint density at radius 2 is 1.85 bits per heavy atom. The number of aromatic nitrogens is 1. The molecule has 0 spiro atoms. The number of anilines is 2. The van der Waals surface area contributed by atoms with E-state index in [1.807, 2.05) is 36.4 Å². The van der Waals surface area contributed by atoms with Crippen molar-refractivity contribution < 1.29 is 5.11 Å². The van der Waals surface area contributed by atoms with Crippen LogP contribution in [-0.4, -0.2) is 15.6 Å². The molecule has 0 atom stereocenters. The number of phenolic OH excluding ortho intramolecular Hbond substituents is 1. The number of nitrogens with one attached hydrogen (secondary N) is 2. The lowest BCUT2D eigenvalue weighted by atomic mass is 10.1. The Morgan fingerprint density at radius 3 is 2.54 bits per heavy atom. The van der Waals surface area contributed by atoms with Crippen molar-refractivity contribution in [3.8, 4) is 5.75 Å². The first-order chi connectivity index (χ1) is 11.8. The van der Waals surface area contributed by atoms with E-state index in [1.54, 1.807) is 12.3 Å². The molecule has 0 fully saturated rings. The third-order valence-corrected chi connectivity index (χ3v) is 4.11. The molecule has 1 heterocycles. The van der Waals surface area contributed by atoms with Crippen LogP contribution >= 0.6 is 24.0 Å². The van der Waals surface area contributed by atoms with Crippen molar-refractivity contribution in [2.75, 3.05) is 5.32 Å². The van der Waals surface area contributed by atoms with E-state index in [-0.39, 0.29) is 23.7 Å². The summed E-state index contributed by atoms with van der Waals surface area (Å²) >= 11 is 6.03. The van der Waals surface area contributed by atoms with Crippen molar-refractivity contribution in [1.29, 1.82) is 0 Å². The zero-order valence-electron chi connectivity index (χ0n) is 15.0. The van der Waals surface area contributed by atoms with Gasteiger partial charge in [0.25, 0.3) is 0 Å². The van der Waals surface area contributed by atoms with E-state index in [2.05, 4.69) is 36.4 Å². The highest BCUT2D eigenvalue weighted by atomic mass is 35.5. The first-order valence-corrected chi connectivity index (χ1v) is 8.58. The molecule has 3 N–H and O–H groups in total. The summed E-state index contributed by atoms with van der Waals surface area (Å²) < 4.78 is 0. The van der Waals surface area contributed by atoms with Crippen LogP contribution in [0.25, 0.3) is 10.9 Å². The number of halogens is 2. The van der Waals surface area contributed by atoms with Gasteiger partial charge in [0.1, 0.15) is 5.75 Å². The number of benzene rings is 2. The highest BCUT2D eigenvalue weighted by Gasteiger charge is 2.11. The summed E-state index contributed by atoms with van der Waals surface area (Å²) in [4.78, 5) is 4.34. The predicted octanol–water partition coefficient (Wildman–Crippen LogP) is 5.65. The SMILES string of the molecule is CC(C)(C)NCc1ccc(Nc2ccnc3cc(Cl)ccc23)cc1O.Cl. The molecule has 26 heavy (non-hydrogen) atoms. The molecular weight excluding hydrogens is 369 g/mol. The van der Waals surface area contributed by atoms with Crippen LogP contribution < -0.4 is 10.6 Å². The van der Waals surface area contributed by atoms with Crippen LogP contribution in [0.2, 0.25) is 5.02 Å². The molecule has 1 aromatic heterocycles. The van der Waals surface area contributed by atoms with Gasteiger partial charge in [-0.15, -0.1) is 12.4 Å². The second kappa shape index (κ2) is 8.12. The van der Waals surface area contributed by atoms with Gasteiger partial charge >= 0.3 is 0 Å². The molecule has 0 unspecified atom stereocenters. The second-order valence-corrected chi connectivity index (χ2v) is 7.53. The van der Waals surface area contributed by atoms with Crippen LogP contribution in [0.3, 0.4) is 0 Å². The Kier molecular flexibility index (Phi) is 6.34. The van der Waals surface area contributed by atoms with E-state index in [1.165, 1.54) is 0 Å². The van der Waals surface area contributed by atoms with Gasteiger partial charge in [0.05, 0.1) is 5.52 Å². The highest BCUT2D eigenvalue weighted by Crippen LogP contribution is 2.29. The minimum absolute atomic E-state index is 0. The molecule has 0 bridgehead atoms. The van der Waals surface area contributed by atoms with Crippen molar-refractivity contribution in [1.82, 2.24) is 10.3 Å². The van der Waals surface area contributed by atoms with Crippen LogP contribution in [0.4, 0.5) is 11.4 Å². The molecule has 0 radical (unpaired) electrons. The van der Waals surface area contributed by atoms with Gasteiger partial charge in [-0.25, -0.2) is 0 Å². The molecule has 0 aliphatic carbocycles. The molecule has 6 heteroatoms. The fourth-order valence-electron chi connectivity index (χ4n) is 2.54. The number of pyridine rings is 1. The zero-order chi connectivity index (χ0) is 18.0. The maximum atomic E-state index is 10.3. The monoisotopic (exact) mass is 391 g/mol. The first kappa shape index (κ1) is 20.3. The van der Waals surface area contributed by atoms with Crippen LogP contribution in [0, 0.1) is 0 Å². The molecule has 3 rings (SSSR count). The summed E-state index contributed by atoms with van der Waals surface area (Å²) in [6, 6.07) is 13.1. The lowest BCUT2D eigenvalue weighted by molar-refractivity contribution is 0.412. The van der Waals surface area contributed by atoms with Crippen LogP contribution in [0.5, 0.6) is 5.75 Å². The quantitative estimate of drug-likeness (QED) is 0.537. The second-order valence-electron chi connectivity index (χ2n) is 7.09. The van der Waals surface area contributed by atoms with E-state index < -0.39 is 0 Å². The molecule has 4 nitrogen and oxygen atoms in total.